The normalized spacial score (nSPS) is 22.9. The van der Waals surface area contributed by atoms with Crippen molar-refractivity contribution in [3.8, 4) is 5.75 Å². The van der Waals surface area contributed by atoms with Gasteiger partial charge in [-0.05, 0) is 68.5 Å². The molecule has 0 aromatic heterocycles. The number of rotatable bonds is 4. The van der Waals surface area contributed by atoms with Crippen molar-refractivity contribution in [1.82, 2.24) is 4.90 Å². The lowest BCUT2D eigenvalue weighted by Gasteiger charge is -2.35. The van der Waals surface area contributed by atoms with E-state index in [0.717, 1.165) is 13.0 Å². The molecule has 0 saturated heterocycles. The molecule has 1 aliphatic rings. The van der Waals surface area contributed by atoms with Gasteiger partial charge in [-0.3, -0.25) is 0 Å². The van der Waals surface area contributed by atoms with E-state index in [1.807, 2.05) is 12.1 Å². The molecule has 1 aliphatic carbocycles. The monoisotopic (exact) mass is 321 g/mol. The third-order valence-corrected chi connectivity index (χ3v) is 4.96. The SMILES string of the molecule is CN(C)C[C@@H]1CCC(=Cc2ccccc2)C[C@H]1c1cccc(O)c1. The fourth-order valence-electron chi connectivity index (χ4n) is 3.87. The van der Waals surface area contributed by atoms with E-state index in [2.05, 4.69) is 61.5 Å². The van der Waals surface area contributed by atoms with Crippen LogP contribution in [0.3, 0.4) is 0 Å². The minimum Gasteiger partial charge on any atom is -0.508 e. The van der Waals surface area contributed by atoms with Crippen LogP contribution in [0.5, 0.6) is 5.75 Å². The van der Waals surface area contributed by atoms with E-state index in [1.54, 1.807) is 6.07 Å². The zero-order valence-corrected chi connectivity index (χ0v) is 14.7. The summed E-state index contributed by atoms with van der Waals surface area (Å²) in [6, 6.07) is 18.4. The average molecular weight is 321 g/mol. The third-order valence-electron chi connectivity index (χ3n) is 4.96. The number of hydrogen-bond acceptors (Lipinski definition) is 2. The Labute approximate surface area is 145 Å². The van der Waals surface area contributed by atoms with E-state index < -0.39 is 0 Å². The van der Waals surface area contributed by atoms with Gasteiger partial charge in [-0.15, -0.1) is 0 Å². The summed E-state index contributed by atoms with van der Waals surface area (Å²) in [5.74, 6) is 1.48. The highest BCUT2D eigenvalue weighted by Gasteiger charge is 2.29. The molecule has 0 heterocycles. The summed E-state index contributed by atoms with van der Waals surface area (Å²) in [6.45, 7) is 1.10. The Balaban J connectivity index is 1.86. The second-order valence-electron chi connectivity index (χ2n) is 7.18. The van der Waals surface area contributed by atoms with Crippen molar-refractivity contribution in [1.29, 1.82) is 0 Å². The minimum atomic E-state index is 0.371. The second-order valence-corrected chi connectivity index (χ2v) is 7.18. The van der Waals surface area contributed by atoms with Gasteiger partial charge in [-0.1, -0.05) is 54.1 Å². The summed E-state index contributed by atoms with van der Waals surface area (Å²) >= 11 is 0. The summed E-state index contributed by atoms with van der Waals surface area (Å²) in [5, 5.41) is 9.89. The molecule has 126 valence electrons. The van der Waals surface area contributed by atoms with Crippen LogP contribution >= 0.6 is 0 Å². The predicted octanol–water partition coefficient (Wildman–Crippen LogP) is 4.92. The molecule has 0 spiro atoms. The van der Waals surface area contributed by atoms with E-state index in [9.17, 15) is 5.11 Å². The number of benzene rings is 2. The van der Waals surface area contributed by atoms with Crippen molar-refractivity contribution < 1.29 is 5.11 Å². The highest BCUT2D eigenvalue weighted by molar-refractivity contribution is 5.53. The van der Waals surface area contributed by atoms with Crippen LogP contribution in [-0.2, 0) is 0 Å². The van der Waals surface area contributed by atoms with Crippen molar-refractivity contribution >= 4 is 6.08 Å². The molecule has 1 fully saturated rings. The van der Waals surface area contributed by atoms with E-state index in [-0.39, 0.29) is 0 Å². The topological polar surface area (TPSA) is 23.5 Å². The fourth-order valence-corrected chi connectivity index (χ4v) is 3.87. The van der Waals surface area contributed by atoms with Gasteiger partial charge in [0.25, 0.3) is 0 Å². The molecule has 2 aromatic rings. The first-order valence-electron chi connectivity index (χ1n) is 8.80. The summed E-state index contributed by atoms with van der Waals surface area (Å²) in [6.07, 6.45) is 5.80. The molecule has 2 aromatic carbocycles. The maximum absolute atomic E-state index is 9.89. The molecule has 2 atom stereocenters. The Hall–Kier alpha value is -2.06. The Bertz CT molecular complexity index is 690. The number of nitrogens with zero attached hydrogens (tertiary/aromatic N) is 1. The molecule has 0 bridgehead atoms. The number of phenolic OH excluding ortho intramolecular Hbond substituents is 1. The number of allylic oxidation sites excluding steroid dienone is 1. The van der Waals surface area contributed by atoms with Crippen molar-refractivity contribution in [2.45, 2.75) is 25.2 Å². The first kappa shape index (κ1) is 16.8. The standard InChI is InChI=1S/C22H27NO/c1-23(2)16-20-12-11-18(13-17-7-4-3-5-8-17)14-22(20)19-9-6-10-21(24)15-19/h3-10,13,15,20,22,24H,11-12,14,16H2,1-2H3/t20-,22-/m0/s1. The van der Waals surface area contributed by atoms with Crippen molar-refractivity contribution in [2.75, 3.05) is 20.6 Å². The van der Waals surface area contributed by atoms with Crippen LogP contribution in [0.1, 0.15) is 36.3 Å². The van der Waals surface area contributed by atoms with Crippen LogP contribution in [0.4, 0.5) is 0 Å². The number of aromatic hydroxyl groups is 1. The van der Waals surface area contributed by atoms with Crippen LogP contribution in [0.25, 0.3) is 6.08 Å². The minimum absolute atomic E-state index is 0.371. The lowest BCUT2D eigenvalue weighted by Crippen LogP contribution is -2.29. The van der Waals surface area contributed by atoms with Crippen molar-refractivity contribution in [3.63, 3.8) is 0 Å². The van der Waals surface area contributed by atoms with Gasteiger partial charge >= 0.3 is 0 Å². The summed E-state index contributed by atoms with van der Waals surface area (Å²) in [7, 11) is 4.30. The Morgan fingerprint density at radius 1 is 1.08 bits per heavy atom. The smallest absolute Gasteiger partial charge is 0.115 e. The van der Waals surface area contributed by atoms with Crippen molar-refractivity contribution in [2.24, 2.45) is 5.92 Å². The molecule has 0 amide bonds. The van der Waals surface area contributed by atoms with E-state index in [1.165, 1.54) is 29.5 Å². The maximum Gasteiger partial charge on any atom is 0.115 e. The molecular formula is C22H27NO. The molecule has 24 heavy (non-hydrogen) atoms. The van der Waals surface area contributed by atoms with Crippen molar-refractivity contribution in [3.05, 3.63) is 71.3 Å². The molecular weight excluding hydrogens is 294 g/mol. The first-order valence-corrected chi connectivity index (χ1v) is 8.80. The van der Waals surface area contributed by atoms with E-state index in [4.69, 9.17) is 0 Å². The molecule has 0 unspecified atom stereocenters. The Kier molecular flexibility index (Phi) is 5.37. The number of hydrogen-bond donors (Lipinski definition) is 1. The lowest BCUT2D eigenvalue weighted by molar-refractivity contribution is 0.256. The molecule has 0 radical (unpaired) electrons. The van der Waals surface area contributed by atoms with Gasteiger partial charge in [-0.25, -0.2) is 0 Å². The zero-order valence-electron chi connectivity index (χ0n) is 14.7. The van der Waals surface area contributed by atoms with Gasteiger partial charge in [0.2, 0.25) is 0 Å². The lowest BCUT2D eigenvalue weighted by atomic mass is 9.73. The van der Waals surface area contributed by atoms with Gasteiger partial charge in [0.15, 0.2) is 0 Å². The molecule has 3 rings (SSSR count). The van der Waals surface area contributed by atoms with Gasteiger partial charge in [-0.2, -0.15) is 0 Å². The average Bonchev–Trinajstić information content (AvgIpc) is 2.57. The molecule has 1 N–H and O–H groups in total. The van der Waals surface area contributed by atoms with Crippen LogP contribution in [0.2, 0.25) is 0 Å². The van der Waals surface area contributed by atoms with Crippen LogP contribution in [0.15, 0.2) is 60.2 Å². The highest BCUT2D eigenvalue weighted by Crippen LogP contribution is 2.41. The molecule has 2 heteroatoms. The molecule has 2 nitrogen and oxygen atoms in total. The van der Waals surface area contributed by atoms with E-state index in [0.29, 0.717) is 17.6 Å². The van der Waals surface area contributed by atoms with Gasteiger partial charge in [0.05, 0.1) is 0 Å². The quantitative estimate of drug-likeness (QED) is 0.864. The predicted molar refractivity (Wildman–Crippen MR) is 101 cm³/mol. The summed E-state index contributed by atoms with van der Waals surface area (Å²) in [4.78, 5) is 2.28. The highest BCUT2D eigenvalue weighted by atomic mass is 16.3. The Morgan fingerprint density at radius 2 is 1.88 bits per heavy atom. The van der Waals surface area contributed by atoms with Crippen LogP contribution in [0, 0.1) is 5.92 Å². The Morgan fingerprint density at radius 3 is 2.58 bits per heavy atom. The third kappa shape index (κ3) is 4.27. The van der Waals surface area contributed by atoms with Crippen LogP contribution < -0.4 is 0 Å². The van der Waals surface area contributed by atoms with E-state index >= 15 is 0 Å². The van der Waals surface area contributed by atoms with Gasteiger partial charge < -0.3 is 10.0 Å². The molecule has 1 saturated carbocycles. The summed E-state index contributed by atoms with van der Waals surface area (Å²) < 4.78 is 0. The van der Waals surface area contributed by atoms with Gasteiger partial charge in [0.1, 0.15) is 5.75 Å². The van der Waals surface area contributed by atoms with Crippen LogP contribution in [-0.4, -0.2) is 30.6 Å². The fraction of sp³-hybridized carbons (Fsp3) is 0.364. The van der Waals surface area contributed by atoms with Gasteiger partial charge in [0, 0.05) is 6.54 Å². The first-order chi connectivity index (χ1) is 11.6. The summed E-state index contributed by atoms with van der Waals surface area (Å²) in [5.41, 5.74) is 4.07. The molecule has 0 aliphatic heterocycles. The number of phenols is 1. The maximum atomic E-state index is 9.89. The largest absolute Gasteiger partial charge is 0.508 e. The second kappa shape index (κ2) is 7.67. The zero-order chi connectivity index (χ0) is 16.9.